The van der Waals surface area contributed by atoms with Crippen molar-refractivity contribution in [2.75, 3.05) is 6.61 Å². The van der Waals surface area contributed by atoms with E-state index in [0.717, 1.165) is 16.8 Å². The van der Waals surface area contributed by atoms with Gasteiger partial charge in [0.25, 0.3) is 5.56 Å². The Morgan fingerprint density at radius 3 is 2.44 bits per heavy atom. The molecule has 0 bridgehead atoms. The van der Waals surface area contributed by atoms with E-state index in [1.165, 1.54) is 0 Å². The number of nitrogens with one attached hydrogen (secondary N) is 1. The summed E-state index contributed by atoms with van der Waals surface area (Å²) in [5.41, 5.74) is -1.45. The van der Waals surface area contributed by atoms with Crippen LogP contribution in [-0.2, 0) is 14.2 Å². The highest BCUT2D eigenvalue weighted by Crippen LogP contribution is 2.35. The summed E-state index contributed by atoms with van der Waals surface area (Å²) in [5, 5.41) is 49.2. The number of hydrogen-bond donors (Lipinski definition) is 6. The van der Waals surface area contributed by atoms with Crippen molar-refractivity contribution in [3.05, 3.63) is 33.1 Å². The van der Waals surface area contributed by atoms with Crippen molar-refractivity contribution in [3.63, 3.8) is 0 Å². The topological polar surface area (TPSA) is 184 Å². The minimum atomic E-state index is -1.50. The van der Waals surface area contributed by atoms with Crippen LogP contribution >= 0.6 is 22.6 Å². The van der Waals surface area contributed by atoms with Crippen LogP contribution in [0.3, 0.4) is 0 Å². The summed E-state index contributed by atoms with van der Waals surface area (Å²) in [6, 6.07) is 1.06. The molecule has 0 radical (unpaired) electrons. The van der Waals surface area contributed by atoms with E-state index in [1.54, 1.807) is 22.6 Å². The van der Waals surface area contributed by atoms with Gasteiger partial charge in [-0.3, -0.25) is 14.3 Å². The van der Waals surface area contributed by atoms with Gasteiger partial charge in [-0.25, -0.2) is 4.79 Å². The maximum absolute atomic E-state index is 11.9. The van der Waals surface area contributed by atoms with E-state index in [0.29, 0.717) is 0 Å². The van der Waals surface area contributed by atoms with E-state index in [-0.39, 0.29) is 0 Å². The Balaban J connectivity index is 1.72. The second-order valence-corrected chi connectivity index (χ2v) is 7.41. The average Bonchev–Trinajstić information content (AvgIpc) is 3.06. The number of ether oxygens (including phenoxy) is 3. The lowest BCUT2D eigenvalue weighted by molar-refractivity contribution is -0.196. The maximum Gasteiger partial charge on any atom is 0.330 e. The number of H-pyrrole nitrogens is 1. The van der Waals surface area contributed by atoms with Crippen LogP contribution in [0.5, 0.6) is 0 Å². The first-order chi connectivity index (χ1) is 12.7. The van der Waals surface area contributed by atoms with E-state index in [9.17, 15) is 30.0 Å². The van der Waals surface area contributed by atoms with Crippen LogP contribution in [0.25, 0.3) is 0 Å². The predicted molar refractivity (Wildman–Crippen MR) is 93.9 cm³/mol. The van der Waals surface area contributed by atoms with E-state index < -0.39 is 71.1 Å². The Hall–Kier alpha value is -0.910. The Morgan fingerprint density at radius 2 is 1.85 bits per heavy atom. The summed E-state index contributed by atoms with van der Waals surface area (Å²) >= 11 is 1.74. The molecule has 2 aliphatic rings. The summed E-state index contributed by atoms with van der Waals surface area (Å²) in [7, 11) is 0. The van der Waals surface area contributed by atoms with Gasteiger partial charge < -0.3 is 39.7 Å². The molecule has 2 fully saturated rings. The number of halogens is 1. The predicted octanol–water partition coefficient (Wildman–Crippen LogP) is -3.63. The number of aliphatic hydroxyl groups is 5. The minimum Gasteiger partial charge on any atom is -0.394 e. The van der Waals surface area contributed by atoms with Crippen molar-refractivity contribution in [2.45, 2.75) is 53.3 Å². The summed E-state index contributed by atoms with van der Waals surface area (Å²) in [6.07, 6.45) is -9.32. The van der Waals surface area contributed by atoms with Gasteiger partial charge in [0, 0.05) is 12.3 Å². The van der Waals surface area contributed by atoms with Gasteiger partial charge in [-0.05, 0) is 22.6 Å². The lowest BCUT2D eigenvalue weighted by Crippen LogP contribution is -2.41. The van der Waals surface area contributed by atoms with Crippen molar-refractivity contribution < 1.29 is 39.7 Å². The number of aromatic amines is 1. The van der Waals surface area contributed by atoms with Crippen LogP contribution in [-0.4, -0.2) is 88.7 Å². The highest BCUT2D eigenvalue weighted by Gasteiger charge is 2.50. The van der Waals surface area contributed by atoms with Crippen LogP contribution in [0.1, 0.15) is 6.23 Å². The van der Waals surface area contributed by atoms with Crippen LogP contribution in [0, 0.1) is 0 Å². The summed E-state index contributed by atoms with van der Waals surface area (Å²) in [5.74, 6) is 0. The first-order valence-corrected chi connectivity index (χ1v) is 9.24. The molecule has 0 spiro atoms. The van der Waals surface area contributed by atoms with Gasteiger partial charge in [0.2, 0.25) is 0 Å². The van der Waals surface area contributed by atoms with Crippen LogP contribution < -0.4 is 11.2 Å². The third kappa shape index (κ3) is 3.96. The van der Waals surface area contributed by atoms with Gasteiger partial charge in [0.1, 0.15) is 40.7 Å². The fraction of sp³-hybridized carbons (Fsp3) is 0.714. The van der Waals surface area contributed by atoms with Gasteiger partial charge >= 0.3 is 5.69 Å². The Labute approximate surface area is 165 Å². The molecule has 13 heteroatoms. The SMILES string of the molecule is O=c1ccn([C@@H]2O[C@H](C(I)OC3O[C@H](CO)[C@@H](O)[C@H]3O)[C@@H](O)[C@H]2O)c(=O)[nH]1. The molecule has 0 aromatic carbocycles. The largest absolute Gasteiger partial charge is 0.394 e. The summed E-state index contributed by atoms with van der Waals surface area (Å²) in [6.45, 7) is -0.525. The molecule has 3 rings (SSSR count). The van der Waals surface area contributed by atoms with Crippen LogP contribution in [0.4, 0.5) is 0 Å². The van der Waals surface area contributed by atoms with Crippen LogP contribution in [0.2, 0.25) is 0 Å². The van der Waals surface area contributed by atoms with Crippen molar-refractivity contribution in [1.29, 1.82) is 0 Å². The molecule has 2 unspecified atom stereocenters. The molecule has 2 aliphatic heterocycles. The molecular formula is C14H19IN2O10. The third-order valence-corrected chi connectivity index (χ3v) is 5.42. The fourth-order valence-electron chi connectivity index (χ4n) is 2.94. The first-order valence-electron chi connectivity index (χ1n) is 7.99. The third-order valence-electron chi connectivity index (χ3n) is 4.42. The highest BCUT2D eigenvalue weighted by atomic mass is 127. The molecule has 6 N–H and O–H groups in total. The van der Waals surface area contributed by atoms with E-state index >= 15 is 0 Å². The molecule has 1 aromatic rings. The second kappa shape index (κ2) is 8.22. The molecule has 1 aromatic heterocycles. The number of aromatic nitrogens is 2. The summed E-state index contributed by atoms with van der Waals surface area (Å²) < 4.78 is 16.2. The van der Waals surface area contributed by atoms with Gasteiger partial charge in [0.15, 0.2) is 12.5 Å². The second-order valence-electron chi connectivity index (χ2n) is 6.18. The van der Waals surface area contributed by atoms with Gasteiger partial charge in [-0.1, -0.05) is 0 Å². The van der Waals surface area contributed by atoms with Gasteiger partial charge in [0.05, 0.1) is 6.61 Å². The van der Waals surface area contributed by atoms with Crippen molar-refractivity contribution in [1.82, 2.24) is 9.55 Å². The molecular weight excluding hydrogens is 483 g/mol. The molecule has 9 atom stereocenters. The smallest absolute Gasteiger partial charge is 0.330 e. The number of alkyl halides is 1. The normalized spacial score (nSPS) is 40.4. The van der Waals surface area contributed by atoms with Crippen LogP contribution in [0.15, 0.2) is 21.9 Å². The Morgan fingerprint density at radius 1 is 1.15 bits per heavy atom. The molecule has 0 aliphatic carbocycles. The maximum atomic E-state index is 11.9. The number of hydrogen-bond acceptors (Lipinski definition) is 10. The Kier molecular flexibility index (Phi) is 6.34. The average molecular weight is 502 g/mol. The van der Waals surface area contributed by atoms with Gasteiger partial charge in [-0.2, -0.15) is 0 Å². The standard InChI is InChI=1S/C14H19IN2O10/c15-11(27-13-9(23)6(20)4(3-18)25-13)10-7(21)8(22)12(26-10)17-2-1-5(19)16-14(17)24/h1-2,4,6-13,18,20-23H,3H2,(H,16,19,24)/t4-,6-,7+,8-,9-,10+,11?,12-,13?/m1/s1. The lowest BCUT2D eigenvalue weighted by Gasteiger charge is -2.25. The Bertz CT molecular complexity index is 771. The first kappa shape index (κ1) is 20.8. The lowest BCUT2D eigenvalue weighted by atomic mass is 10.1. The van der Waals surface area contributed by atoms with Crippen molar-refractivity contribution in [2.24, 2.45) is 0 Å². The van der Waals surface area contributed by atoms with Gasteiger partial charge in [-0.15, -0.1) is 0 Å². The van der Waals surface area contributed by atoms with E-state index in [1.807, 2.05) is 4.98 Å². The molecule has 0 saturated carbocycles. The quantitative estimate of drug-likeness (QED) is 0.174. The zero-order valence-corrected chi connectivity index (χ0v) is 15.8. The molecule has 12 nitrogen and oxygen atoms in total. The summed E-state index contributed by atoms with van der Waals surface area (Å²) in [4.78, 5) is 25.1. The molecule has 3 heterocycles. The minimum absolute atomic E-state index is 0.525. The molecule has 152 valence electrons. The highest BCUT2D eigenvalue weighted by molar-refractivity contribution is 14.1. The molecule has 2 saturated heterocycles. The fourth-order valence-corrected chi connectivity index (χ4v) is 3.83. The number of aliphatic hydroxyl groups excluding tert-OH is 5. The monoisotopic (exact) mass is 502 g/mol. The molecule has 27 heavy (non-hydrogen) atoms. The van der Waals surface area contributed by atoms with E-state index in [2.05, 4.69) is 0 Å². The number of nitrogens with zero attached hydrogens (tertiary/aromatic N) is 1. The van der Waals surface area contributed by atoms with E-state index in [4.69, 9.17) is 19.3 Å². The van der Waals surface area contributed by atoms with Crippen molar-refractivity contribution in [3.8, 4) is 0 Å². The molecule has 0 amide bonds. The number of rotatable bonds is 5. The zero-order valence-electron chi connectivity index (χ0n) is 13.7. The van der Waals surface area contributed by atoms with Crippen molar-refractivity contribution >= 4 is 22.6 Å². The zero-order chi connectivity index (χ0) is 19.9.